The first-order valence-corrected chi connectivity index (χ1v) is 6.12. The molecule has 0 aliphatic rings. The fourth-order valence-electron chi connectivity index (χ4n) is 1.72. The number of benzene rings is 2. The topological polar surface area (TPSA) is 26.3 Å². The van der Waals surface area contributed by atoms with Crippen LogP contribution in [0.15, 0.2) is 42.5 Å². The predicted octanol–water partition coefficient (Wildman–Crippen LogP) is 4.55. The lowest BCUT2D eigenvalue weighted by Crippen LogP contribution is -1.91. The molecule has 2 rings (SSSR count). The maximum absolute atomic E-state index is 13.6. The molecule has 0 radical (unpaired) electrons. The molecule has 0 saturated carbocycles. The van der Waals surface area contributed by atoms with Crippen LogP contribution >= 0.6 is 0 Å². The van der Waals surface area contributed by atoms with E-state index in [4.69, 9.17) is 4.74 Å². The maximum Gasteiger partial charge on any atom is 0.166 e. The molecule has 0 bridgehead atoms. The van der Waals surface area contributed by atoms with Crippen molar-refractivity contribution < 1.29 is 13.9 Å². The van der Waals surface area contributed by atoms with Crippen LogP contribution in [0.4, 0.5) is 4.39 Å². The summed E-state index contributed by atoms with van der Waals surface area (Å²) in [7, 11) is 0. The summed E-state index contributed by atoms with van der Waals surface area (Å²) in [5.41, 5.74) is 1.49. The van der Waals surface area contributed by atoms with Gasteiger partial charge in [0.05, 0.1) is 0 Å². The summed E-state index contributed by atoms with van der Waals surface area (Å²) in [6, 6.07) is 11.7. The zero-order valence-corrected chi connectivity index (χ0v) is 10.9. The molecule has 0 saturated heterocycles. The second-order valence-electron chi connectivity index (χ2n) is 4.63. The van der Waals surface area contributed by atoms with E-state index in [1.807, 2.05) is 24.3 Å². The fraction of sp³-hybridized carbons (Fsp3) is 0.188. The smallest absolute Gasteiger partial charge is 0.166 e. The van der Waals surface area contributed by atoms with Gasteiger partial charge in [0.1, 0.15) is 12.0 Å². The quantitative estimate of drug-likeness (QED) is 0.752. The van der Waals surface area contributed by atoms with Crippen molar-refractivity contribution >= 4 is 6.29 Å². The Bertz CT molecular complexity index is 574. The van der Waals surface area contributed by atoms with Crippen molar-refractivity contribution in [2.24, 2.45) is 0 Å². The second kappa shape index (κ2) is 5.65. The van der Waals surface area contributed by atoms with E-state index >= 15 is 0 Å². The second-order valence-corrected chi connectivity index (χ2v) is 4.63. The average Bonchev–Trinajstić information content (AvgIpc) is 2.41. The van der Waals surface area contributed by atoms with E-state index in [0.717, 1.165) is 6.07 Å². The normalized spacial score (nSPS) is 10.5. The van der Waals surface area contributed by atoms with Gasteiger partial charge in [-0.05, 0) is 41.8 Å². The van der Waals surface area contributed by atoms with Crippen molar-refractivity contribution in [3.05, 3.63) is 59.4 Å². The minimum Gasteiger partial charge on any atom is -0.454 e. The highest BCUT2D eigenvalue weighted by Gasteiger charge is 2.06. The molecule has 0 amide bonds. The summed E-state index contributed by atoms with van der Waals surface area (Å²) in [4.78, 5) is 10.5. The molecule has 2 aromatic rings. The third-order valence-corrected chi connectivity index (χ3v) is 2.87. The van der Waals surface area contributed by atoms with E-state index in [9.17, 15) is 9.18 Å². The molecule has 0 unspecified atom stereocenters. The summed E-state index contributed by atoms with van der Waals surface area (Å²) in [5, 5.41) is 0. The molecule has 0 aliphatic heterocycles. The molecule has 0 heterocycles. The summed E-state index contributed by atoms with van der Waals surface area (Å²) in [5.74, 6) is 0.584. The first-order chi connectivity index (χ1) is 9.10. The lowest BCUT2D eigenvalue weighted by molar-refractivity contribution is 0.112. The monoisotopic (exact) mass is 258 g/mol. The van der Waals surface area contributed by atoms with Crippen LogP contribution < -0.4 is 4.74 Å². The Hall–Kier alpha value is -2.16. The average molecular weight is 258 g/mol. The van der Waals surface area contributed by atoms with Gasteiger partial charge in [-0.3, -0.25) is 4.79 Å². The Kier molecular flexibility index (Phi) is 3.95. The van der Waals surface area contributed by atoms with E-state index in [1.165, 1.54) is 17.7 Å². The molecule has 2 aromatic carbocycles. The molecular weight excluding hydrogens is 243 g/mol. The van der Waals surface area contributed by atoms with E-state index in [2.05, 4.69) is 13.8 Å². The van der Waals surface area contributed by atoms with Gasteiger partial charge in [-0.25, -0.2) is 4.39 Å². The molecule has 19 heavy (non-hydrogen) atoms. The molecule has 0 fully saturated rings. The van der Waals surface area contributed by atoms with Crippen LogP contribution in [-0.2, 0) is 0 Å². The molecule has 3 heteroatoms. The number of hydrogen-bond acceptors (Lipinski definition) is 2. The SMILES string of the molecule is CC(C)c1ccc(Oc2ccc(C=O)cc2F)cc1. The van der Waals surface area contributed by atoms with Crippen LogP contribution in [0.5, 0.6) is 11.5 Å². The van der Waals surface area contributed by atoms with Crippen molar-refractivity contribution in [2.75, 3.05) is 0 Å². The van der Waals surface area contributed by atoms with Crippen LogP contribution in [0.25, 0.3) is 0 Å². The summed E-state index contributed by atoms with van der Waals surface area (Å²) in [6.45, 7) is 4.21. The first kappa shape index (κ1) is 13.3. The zero-order chi connectivity index (χ0) is 13.8. The molecule has 0 N–H and O–H groups in total. The Morgan fingerprint density at radius 1 is 1.11 bits per heavy atom. The third kappa shape index (κ3) is 3.19. The zero-order valence-electron chi connectivity index (χ0n) is 10.9. The van der Waals surface area contributed by atoms with Crippen LogP contribution in [-0.4, -0.2) is 6.29 Å². The number of carbonyl (C=O) groups excluding carboxylic acids is 1. The Labute approximate surface area is 111 Å². The van der Waals surface area contributed by atoms with Gasteiger partial charge in [0, 0.05) is 5.56 Å². The van der Waals surface area contributed by atoms with Crippen LogP contribution in [0.1, 0.15) is 35.7 Å². The van der Waals surface area contributed by atoms with Gasteiger partial charge >= 0.3 is 0 Å². The van der Waals surface area contributed by atoms with Crippen molar-refractivity contribution in [1.29, 1.82) is 0 Å². The molecule has 0 atom stereocenters. The minimum absolute atomic E-state index is 0.114. The number of aldehydes is 1. The number of ether oxygens (including phenoxy) is 1. The maximum atomic E-state index is 13.6. The van der Waals surface area contributed by atoms with Gasteiger partial charge in [0.25, 0.3) is 0 Å². The van der Waals surface area contributed by atoms with Gasteiger partial charge in [-0.15, -0.1) is 0 Å². The predicted molar refractivity (Wildman–Crippen MR) is 72.4 cm³/mol. The molecule has 0 aromatic heterocycles. The van der Waals surface area contributed by atoms with Crippen LogP contribution in [0, 0.1) is 5.82 Å². The highest BCUT2D eigenvalue weighted by molar-refractivity contribution is 5.75. The van der Waals surface area contributed by atoms with Crippen LogP contribution in [0.2, 0.25) is 0 Å². The molecular formula is C16H15FO2. The first-order valence-electron chi connectivity index (χ1n) is 6.12. The molecule has 98 valence electrons. The van der Waals surface area contributed by atoms with Crippen molar-refractivity contribution in [2.45, 2.75) is 19.8 Å². The Morgan fingerprint density at radius 2 is 1.79 bits per heavy atom. The highest BCUT2D eigenvalue weighted by Crippen LogP contribution is 2.26. The van der Waals surface area contributed by atoms with Crippen molar-refractivity contribution in [3.8, 4) is 11.5 Å². The van der Waals surface area contributed by atoms with E-state index < -0.39 is 5.82 Å². The minimum atomic E-state index is -0.544. The van der Waals surface area contributed by atoms with Gasteiger partial charge in [-0.1, -0.05) is 26.0 Å². The van der Waals surface area contributed by atoms with Gasteiger partial charge < -0.3 is 4.74 Å². The summed E-state index contributed by atoms with van der Waals surface area (Å²) >= 11 is 0. The molecule has 0 aliphatic carbocycles. The molecule has 0 spiro atoms. The molecule has 2 nitrogen and oxygen atoms in total. The van der Waals surface area contributed by atoms with E-state index in [-0.39, 0.29) is 5.75 Å². The van der Waals surface area contributed by atoms with Crippen molar-refractivity contribution in [1.82, 2.24) is 0 Å². The fourth-order valence-corrected chi connectivity index (χ4v) is 1.72. The number of halogens is 1. The van der Waals surface area contributed by atoms with Crippen molar-refractivity contribution in [3.63, 3.8) is 0 Å². The van der Waals surface area contributed by atoms with E-state index in [1.54, 1.807) is 0 Å². The van der Waals surface area contributed by atoms with Gasteiger partial charge in [0.15, 0.2) is 11.6 Å². The van der Waals surface area contributed by atoms with Gasteiger partial charge in [0.2, 0.25) is 0 Å². The largest absolute Gasteiger partial charge is 0.454 e. The summed E-state index contributed by atoms with van der Waals surface area (Å²) < 4.78 is 19.1. The van der Waals surface area contributed by atoms with Gasteiger partial charge in [-0.2, -0.15) is 0 Å². The standard InChI is InChI=1S/C16H15FO2/c1-11(2)13-4-6-14(7-5-13)19-16-8-3-12(10-18)9-15(16)17/h3-11H,1-2H3. The summed E-state index contributed by atoms with van der Waals surface area (Å²) in [6.07, 6.45) is 0.601. The van der Waals surface area contributed by atoms with Crippen LogP contribution in [0.3, 0.4) is 0 Å². The number of rotatable bonds is 4. The highest BCUT2D eigenvalue weighted by atomic mass is 19.1. The third-order valence-electron chi connectivity index (χ3n) is 2.87. The number of carbonyl (C=O) groups is 1. The Balaban J connectivity index is 2.19. The number of hydrogen-bond donors (Lipinski definition) is 0. The Morgan fingerprint density at radius 3 is 2.32 bits per heavy atom. The lowest BCUT2D eigenvalue weighted by Gasteiger charge is -2.09. The lowest BCUT2D eigenvalue weighted by atomic mass is 10.0. The van der Waals surface area contributed by atoms with E-state index in [0.29, 0.717) is 23.5 Å².